The summed E-state index contributed by atoms with van der Waals surface area (Å²) in [6, 6.07) is -9.14. The van der Waals surface area contributed by atoms with Crippen LogP contribution in [0.25, 0.3) is 0 Å². The summed E-state index contributed by atoms with van der Waals surface area (Å²) in [6.07, 6.45) is -0.490. The molecule has 0 fully saturated rings. The minimum atomic E-state index is -1.68. The van der Waals surface area contributed by atoms with Gasteiger partial charge in [-0.3, -0.25) is 38.6 Å². The molecule has 0 aliphatic heterocycles. The lowest BCUT2D eigenvalue weighted by molar-refractivity contribution is -0.145. The Morgan fingerprint density at radius 3 is 1.68 bits per heavy atom. The molecule has 0 saturated carbocycles. The number of aliphatic carboxylic acids is 1. The Morgan fingerprint density at radius 1 is 0.661 bits per heavy atom. The first-order valence-corrected chi connectivity index (χ1v) is 18.3. The van der Waals surface area contributed by atoms with Gasteiger partial charge in [0, 0.05) is 6.54 Å². The van der Waals surface area contributed by atoms with Gasteiger partial charge in [-0.25, -0.2) is 4.79 Å². The number of carboxylic acid groups (broad SMARTS) is 1. The van der Waals surface area contributed by atoms with Crippen LogP contribution in [0.15, 0.2) is 4.99 Å². The number of hydrogen-bond acceptors (Lipinski definition) is 13. The summed E-state index contributed by atoms with van der Waals surface area (Å²) in [6.45, 7) is 6.23. The van der Waals surface area contributed by atoms with E-state index in [1.54, 1.807) is 13.8 Å². The van der Waals surface area contributed by atoms with Crippen molar-refractivity contribution in [1.82, 2.24) is 37.2 Å². The van der Waals surface area contributed by atoms with Crippen LogP contribution in [-0.2, 0) is 38.4 Å². The molecule has 0 heterocycles. The number of carbonyl (C=O) groups is 8. The first-order chi connectivity index (χ1) is 26.1. The zero-order chi connectivity index (χ0) is 43.1. The molecule has 0 saturated heterocycles. The molecule has 0 unspecified atom stereocenters. The van der Waals surface area contributed by atoms with E-state index >= 15 is 0 Å². The van der Waals surface area contributed by atoms with E-state index in [1.807, 2.05) is 0 Å². The SMILES string of the molecule is CC(C)C[C@H](NC(=O)[C@H](CO)NC(=O)[C@H](CCCCN)NC(=O)[C@H](CCCN=C(N)N)NC(=O)CNC(=O)[C@H](C)NC(=O)[C@H](C)N)C(=O)N[C@H](C(=O)O)[C@@H](C)O. The largest absolute Gasteiger partial charge is 0.480 e. The maximum atomic E-state index is 13.6. The van der Waals surface area contributed by atoms with Gasteiger partial charge in [-0.05, 0) is 71.8 Å². The first kappa shape index (κ1) is 50.9. The second-order valence-corrected chi connectivity index (χ2v) is 13.7. The number of unbranched alkanes of at least 4 members (excludes halogenated alkanes) is 1. The molecule has 56 heavy (non-hydrogen) atoms. The van der Waals surface area contributed by atoms with Crippen molar-refractivity contribution in [2.45, 2.75) is 122 Å². The summed E-state index contributed by atoms with van der Waals surface area (Å²) in [4.78, 5) is 106. The Hall–Kier alpha value is -5.13. The minimum Gasteiger partial charge on any atom is -0.480 e. The number of nitrogens with two attached hydrogens (primary N) is 4. The van der Waals surface area contributed by atoms with Crippen LogP contribution in [0.2, 0.25) is 0 Å². The van der Waals surface area contributed by atoms with E-state index < -0.39 is 109 Å². The fourth-order valence-corrected chi connectivity index (χ4v) is 4.87. The predicted molar refractivity (Wildman–Crippen MR) is 203 cm³/mol. The van der Waals surface area contributed by atoms with Gasteiger partial charge in [-0.1, -0.05) is 13.8 Å². The standard InChI is InChI=1S/C33H62N12O11/c1-16(2)13-22(30(53)45-25(19(5)47)32(55)56)43-31(54)23(15-46)44-29(52)21(9-6-7-11-34)42-28(51)20(10-8-12-38-33(36)37)41-24(48)14-39-27(50)18(4)40-26(49)17(3)35/h16-23,25,46-47H,6-15,34-35H2,1-5H3,(H,39,50)(H,40,49)(H,41,48)(H,42,51)(H,43,54)(H,44,52)(H,45,53)(H,55,56)(H4,36,37,38)/t17-,18-,19+,20-,21-,22-,23-,25-/m0/s1. The molecule has 23 nitrogen and oxygen atoms in total. The fourth-order valence-electron chi connectivity index (χ4n) is 4.87. The Balaban J connectivity index is 6.04. The van der Waals surface area contributed by atoms with Gasteiger partial charge in [0.2, 0.25) is 41.4 Å². The summed E-state index contributed by atoms with van der Waals surface area (Å²) in [5, 5.41) is 45.9. The van der Waals surface area contributed by atoms with E-state index in [4.69, 9.17) is 22.9 Å². The zero-order valence-corrected chi connectivity index (χ0v) is 32.6. The summed E-state index contributed by atoms with van der Waals surface area (Å²) >= 11 is 0. The number of aliphatic hydroxyl groups is 2. The monoisotopic (exact) mass is 802 g/mol. The molecule has 0 rings (SSSR count). The quantitative estimate of drug-likeness (QED) is 0.0209. The number of aliphatic hydroxyl groups excluding tert-OH is 2. The van der Waals surface area contributed by atoms with Gasteiger partial charge in [-0.15, -0.1) is 0 Å². The zero-order valence-electron chi connectivity index (χ0n) is 32.6. The van der Waals surface area contributed by atoms with Gasteiger partial charge >= 0.3 is 5.97 Å². The van der Waals surface area contributed by atoms with Crippen molar-refractivity contribution in [3.05, 3.63) is 0 Å². The van der Waals surface area contributed by atoms with Crippen LogP contribution in [0.4, 0.5) is 0 Å². The fraction of sp³-hybridized carbons (Fsp3) is 0.727. The average molecular weight is 803 g/mol. The van der Waals surface area contributed by atoms with Crippen molar-refractivity contribution in [3.8, 4) is 0 Å². The molecule has 0 spiro atoms. The van der Waals surface area contributed by atoms with E-state index in [1.165, 1.54) is 13.8 Å². The Bertz CT molecular complexity index is 1360. The molecule has 8 atom stereocenters. The van der Waals surface area contributed by atoms with Crippen molar-refractivity contribution in [2.24, 2.45) is 33.8 Å². The summed E-state index contributed by atoms with van der Waals surface area (Å²) in [5.41, 5.74) is 21.9. The molecule has 0 aromatic heterocycles. The third-order valence-corrected chi connectivity index (χ3v) is 7.97. The molecule has 0 aliphatic carbocycles. The van der Waals surface area contributed by atoms with Gasteiger partial charge in [0.15, 0.2) is 12.0 Å². The minimum absolute atomic E-state index is 0.0125. The second kappa shape index (κ2) is 26.6. The molecule has 0 radical (unpaired) electrons. The van der Waals surface area contributed by atoms with E-state index in [0.717, 1.165) is 6.92 Å². The number of nitrogens with one attached hydrogen (secondary N) is 7. The molecule has 7 amide bonds. The van der Waals surface area contributed by atoms with Crippen molar-refractivity contribution in [2.75, 3.05) is 26.2 Å². The van der Waals surface area contributed by atoms with E-state index in [2.05, 4.69) is 42.2 Å². The average Bonchev–Trinajstić information content (AvgIpc) is 3.11. The van der Waals surface area contributed by atoms with Crippen LogP contribution >= 0.6 is 0 Å². The number of aliphatic imine (C=N–C) groups is 1. The highest BCUT2D eigenvalue weighted by atomic mass is 16.4. The maximum Gasteiger partial charge on any atom is 0.328 e. The summed E-state index contributed by atoms with van der Waals surface area (Å²) in [5.74, 6) is -7.66. The lowest BCUT2D eigenvalue weighted by Gasteiger charge is -2.27. The van der Waals surface area contributed by atoms with E-state index in [-0.39, 0.29) is 50.7 Å². The number of amides is 7. The molecular formula is C33H62N12O11. The Labute approximate surface area is 325 Å². The van der Waals surface area contributed by atoms with Gasteiger partial charge in [-0.2, -0.15) is 0 Å². The highest BCUT2D eigenvalue weighted by molar-refractivity contribution is 5.97. The Kier molecular flexibility index (Phi) is 24.2. The Morgan fingerprint density at radius 2 is 1.18 bits per heavy atom. The van der Waals surface area contributed by atoms with E-state index in [9.17, 15) is 53.7 Å². The molecule has 0 aliphatic rings. The number of guanidine groups is 1. The molecule has 0 bridgehead atoms. The lowest BCUT2D eigenvalue weighted by Crippen LogP contribution is -2.60. The topological polar surface area (TPSA) is 398 Å². The predicted octanol–water partition coefficient (Wildman–Crippen LogP) is -5.94. The maximum absolute atomic E-state index is 13.6. The van der Waals surface area contributed by atoms with Gasteiger partial charge in [0.05, 0.1) is 25.3 Å². The van der Waals surface area contributed by atoms with Gasteiger partial charge in [0.1, 0.15) is 30.2 Å². The number of rotatable bonds is 27. The van der Waals surface area contributed by atoms with Crippen LogP contribution in [0, 0.1) is 5.92 Å². The van der Waals surface area contributed by atoms with Gasteiger partial charge in [0.25, 0.3) is 0 Å². The van der Waals surface area contributed by atoms with Gasteiger partial charge < -0.3 is 75.5 Å². The third-order valence-electron chi connectivity index (χ3n) is 7.97. The number of hydrogen-bond donors (Lipinski definition) is 14. The van der Waals surface area contributed by atoms with Crippen LogP contribution in [0.3, 0.4) is 0 Å². The van der Waals surface area contributed by atoms with Crippen molar-refractivity contribution >= 4 is 53.3 Å². The van der Waals surface area contributed by atoms with Crippen molar-refractivity contribution < 1.29 is 53.7 Å². The number of carboxylic acids is 1. The highest BCUT2D eigenvalue weighted by Gasteiger charge is 2.33. The van der Waals surface area contributed by atoms with Crippen molar-refractivity contribution in [1.29, 1.82) is 0 Å². The highest BCUT2D eigenvalue weighted by Crippen LogP contribution is 2.08. The van der Waals surface area contributed by atoms with Crippen molar-refractivity contribution in [3.63, 3.8) is 0 Å². The number of nitrogens with zero attached hydrogens (tertiary/aromatic N) is 1. The van der Waals surface area contributed by atoms with Crippen LogP contribution in [0.1, 0.15) is 73.1 Å². The molecule has 23 heteroatoms. The normalized spacial score (nSPS) is 15.2. The summed E-state index contributed by atoms with van der Waals surface area (Å²) in [7, 11) is 0. The van der Waals surface area contributed by atoms with Crippen LogP contribution < -0.4 is 60.2 Å². The molecule has 320 valence electrons. The first-order valence-electron chi connectivity index (χ1n) is 18.3. The third kappa shape index (κ3) is 20.5. The molecule has 0 aromatic rings. The molecule has 18 N–H and O–H groups in total. The van der Waals surface area contributed by atoms with Crippen LogP contribution in [0.5, 0.6) is 0 Å². The van der Waals surface area contributed by atoms with Crippen LogP contribution in [-0.4, -0.2) is 143 Å². The summed E-state index contributed by atoms with van der Waals surface area (Å²) < 4.78 is 0. The number of carbonyl (C=O) groups excluding carboxylic acids is 7. The van der Waals surface area contributed by atoms with E-state index in [0.29, 0.717) is 12.8 Å². The second-order valence-electron chi connectivity index (χ2n) is 13.7. The lowest BCUT2D eigenvalue weighted by atomic mass is 10.0. The smallest absolute Gasteiger partial charge is 0.328 e. The molecule has 0 aromatic carbocycles. The molecular weight excluding hydrogens is 740 g/mol.